The molecule has 2 atom stereocenters. The Hall–Kier alpha value is -0.410. The first-order valence-electron chi connectivity index (χ1n) is 7.57. The van der Waals surface area contributed by atoms with Crippen molar-refractivity contribution >= 4 is 5.78 Å². The third-order valence-corrected chi connectivity index (χ3v) is 4.74. The van der Waals surface area contributed by atoms with E-state index in [1.54, 1.807) is 0 Å². The molecule has 1 saturated heterocycles. The second-order valence-corrected chi connectivity index (χ2v) is 5.91. The highest BCUT2D eigenvalue weighted by molar-refractivity contribution is 5.82. The molecule has 2 aliphatic rings. The van der Waals surface area contributed by atoms with Crippen LogP contribution < -0.4 is 0 Å². The van der Waals surface area contributed by atoms with E-state index in [1.165, 1.54) is 32.1 Å². The van der Waals surface area contributed by atoms with Crippen LogP contribution in [0, 0.1) is 5.92 Å². The molecule has 3 nitrogen and oxygen atoms in total. The molecule has 0 aromatic carbocycles. The van der Waals surface area contributed by atoms with Crippen molar-refractivity contribution in [1.29, 1.82) is 0 Å². The second-order valence-electron chi connectivity index (χ2n) is 5.91. The number of ketones is 1. The summed E-state index contributed by atoms with van der Waals surface area (Å²) in [5, 5.41) is 0. The first kappa shape index (κ1) is 14.0. The van der Waals surface area contributed by atoms with Gasteiger partial charge in [-0.25, -0.2) is 0 Å². The molecule has 2 unspecified atom stereocenters. The predicted octanol–water partition coefficient (Wildman–Crippen LogP) is 2.64. The van der Waals surface area contributed by atoms with Gasteiger partial charge >= 0.3 is 0 Å². The van der Waals surface area contributed by atoms with Crippen molar-refractivity contribution in [3.05, 3.63) is 0 Å². The lowest BCUT2D eigenvalue weighted by Gasteiger charge is -2.37. The van der Waals surface area contributed by atoms with Gasteiger partial charge in [-0.2, -0.15) is 0 Å². The quantitative estimate of drug-likeness (QED) is 0.771. The monoisotopic (exact) mass is 253 g/mol. The van der Waals surface area contributed by atoms with Crippen molar-refractivity contribution in [2.45, 2.75) is 64.5 Å². The Balaban J connectivity index is 1.68. The molecule has 0 radical (unpaired) electrons. The number of ether oxygens (including phenoxy) is 1. The van der Waals surface area contributed by atoms with Gasteiger partial charge in [-0.3, -0.25) is 9.69 Å². The molecule has 104 valence electrons. The van der Waals surface area contributed by atoms with Gasteiger partial charge in [0.05, 0.1) is 12.7 Å². The van der Waals surface area contributed by atoms with Crippen molar-refractivity contribution in [2.75, 3.05) is 19.7 Å². The van der Waals surface area contributed by atoms with Gasteiger partial charge in [0.2, 0.25) is 0 Å². The lowest BCUT2D eigenvalue weighted by atomic mass is 9.91. The Bertz CT molecular complexity index is 274. The number of carbonyl (C=O) groups excluding carboxylic acids is 1. The van der Waals surface area contributed by atoms with E-state index in [-0.39, 0.29) is 5.92 Å². The second kappa shape index (κ2) is 6.67. The zero-order valence-corrected chi connectivity index (χ0v) is 11.9. The Kier molecular flexibility index (Phi) is 5.19. The highest BCUT2D eigenvalue weighted by Gasteiger charge is 2.30. The van der Waals surface area contributed by atoms with Crippen LogP contribution in [0.4, 0.5) is 0 Å². The summed E-state index contributed by atoms with van der Waals surface area (Å²) in [5.41, 5.74) is 0. The number of rotatable bonds is 4. The summed E-state index contributed by atoms with van der Waals surface area (Å²) in [7, 11) is 0. The Morgan fingerprint density at radius 1 is 1.22 bits per heavy atom. The summed E-state index contributed by atoms with van der Waals surface area (Å²) >= 11 is 0. The fourth-order valence-electron chi connectivity index (χ4n) is 3.15. The van der Waals surface area contributed by atoms with Crippen LogP contribution >= 0.6 is 0 Å². The average Bonchev–Trinajstić information content (AvgIpc) is 2.40. The molecule has 1 saturated carbocycles. The van der Waals surface area contributed by atoms with Crippen LogP contribution in [0.2, 0.25) is 0 Å². The Morgan fingerprint density at radius 2 is 1.94 bits per heavy atom. The summed E-state index contributed by atoms with van der Waals surface area (Å²) in [6.45, 7) is 6.95. The van der Waals surface area contributed by atoms with E-state index < -0.39 is 0 Å². The van der Waals surface area contributed by atoms with Crippen molar-refractivity contribution in [1.82, 2.24) is 4.90 Å². The minimum atomic E-state index is 0.188. The minimum Gasteiger partial charge on any atom is -0.377 e. The first-order valence-corrected chi connectivity index (χ1v) is 7.57. The van der Waals surface area contributed by atoms with Crippen LogP contribution in [-0.2, 0) is 9.53 Å². The van der Waals surface area contributed by atoms with Crippen LogP contribution in [0.15, 0.2) is 0 Å². The van der Waals surface area contributed by atoms with E-state index in [2.05, 4.69) is 18.7 Å². The maximum Gasteiger partial charge on any atom is 0.138 e. The lowest BCUT2D eigenvalue weighted by molar-refractivity contribution is -0.128. The van der Waals surface area contributed by atoms with Crippen LogP contribution in [0.3, 0.4) is 0 Å². The highest BCUT2D eigenvalue weighted by atomic mass is 16.5. The largest absolute Gasteiger partial charge is 0.377 e. The van der Waals surface area contributed by atoms with Gasteiger partial charge in [0.25, 0.3) is 0 Å². The molecule has 1 heterocycles. The van der Waals surface area contributed by atoms with E-state index >= 15 is 0 Å². The number of piperidine rings is 1. The number of hydrogen-bond acceptors (Lipinski definition) is 3. The molecule has 0 spiro atoms. The molecule has 0 bridgehead atoms. The highest BCUT2D eigenvalue weighted by Crippen LogP contribution is 2.22. The minimum absolute atomic E-state index is 0.188. The fraction of sp³-hybridized carbons (Fsp3) is 0.933. The molecular formula is C15H27NO2. The molecule has 2 fully saturated rings. The lowest BCUT2D eigenvalue weighted by Crippen LogP contribution is -2.48. The van der Waals surface area contributed by atoms with Crippen molar-refractivity contribution in [3.8, 4) is 0 Å². The Morgan fingerprint density at radius 3 is 2.67 bits per heavy atom. The first-order chi connectivity index (χ1) is 8.68. The molecule has 1 aliphatic carbocycles. The zero-order chi connectivity index (χ0) is 13.0. The van der Waals surface area contributed by atoms with Gasteiger partial charge in [-0.1, -0.05) is 26.2 Å². The third-order valence-electron chi connectivity index (χ3n) is 4.74. The van der Waals surface area contributed by atoms with Gasteiger partial charge in [-0.05, 0) is 19.8 Å². The van der Waals surface area contributed by atoms with Crippen LogP contribution in [0.25, 0.3) is 0 Å². The SMILES string of the molecule is CC1C(=O)CCN(CCOC2CCCCC2)C1C. The van der Waals surface area contributed by atoms with Crippen molar-refractivity contribution in [3.63, 3.8) is 0 Å². The molecule has 18 heavy (non-hydrogen) atoms. The maximum atomic E-state index is 11.6. The van der Waals surface area contributed by atoms with Gasteiger partial charge in [0, 0.05) is 31.5 Å². The van der Waals surface area contributed by atoms with Crippen LogP contribution in [-0.4, -0.2) is 42.5 Å². The molecule has 0 aromatic heterocycles. The molecular weight excluding hydrogens is 226 g/mol. The normalized spacial score (nSPS) is 31.8. The van der Waals surface area contributed by atoms with Crippen molar-refractivity contribution in [2.24, 2.45) is 5.92 Å². The Labute approximate surface area is 111 Å². The van der Waals surface area contributed by atoms with E-state index in [1.807, 2.05) is 0 Å². The van der Waals surface area contributed by atoms with E-state index in [0.29, 0.717) is 17.9 Å². The van der Waals surface area contributed by atoms with Crippen LogP contribution in [0.5, 0.6) is 0 Å². The standard InChI is InChI=1S/C15H27NO2/c1-12-13(2)16(9-8-15(12)17)10-11-18-14-6-4-3-5-7-14/h12-14H,3-11H2,1-2H3. The number of likely N-dealkylation sites (tertiary alicyclic amines) is 1. The molecule has 1 aliphatic heterocycles. The van der Waals surface area contributed by atoms with E-state index in [4.69, 9.17) is 4.74 Å². The fourth-order valence-corrected chi connectivity index (χ4v) is 3.15. The van der Waals surface area contributed by atoms with Crippen molar-refractivity contribution < 1.29 is 9.53 Å². The number of carbonyl (C=O) groups is 1. The third kappa shape index (κ3) is 3.55. The van der Waals surface area contributed by atoms with Gasteiger partial charge < -0.3 is 4.74 Å². The number of hydrogen-bond donors (Lipinski definition) is 0. The number of Topliss-reactive ketones (excluding diaryl/α,β-unsaturated/α-hetero) is 1. The van der Waals surface area contributed by atoms with E-state index in [9.17, 15) is 4.79 Å². The summed E-state index contributed by atoms with van der Waals surface area (Å²) in [6, 6.07) is 0.376. The molecule has 2 rings (SSSR count). The molecule has 0 amide bonds. The molecule has 0 N–H and O–H groups in total. The summed E-state index contributed by atoms with van der Waals surface area (Å²) in [6.07, 6.45) is 7.73. The zero-order valence-electron chi connectivity index (χ0n) is 11.9. The number of nitrogens with zero attached hydrogens (tertiary/aromatic N) is 1. The summed E-state index contributed by atoms with van der Waals surface area (Å²) < 4.78 is 5.97. The van der Waals surface area contributed by atoms with Gasteiger partial charge in [0.15, 0.2) is 0 Å². The van der Waals surface area contributed by atoms with Gasteiger partial charge in [0.1, 0.15) is 5.78 Å². The van der Waals surface area contributed by atoms with Gasteiger partial charge in [-0.15, -0.1) is 0 Å². The summed E-state index contributed by atoms with van der Waals surface area (Å²) in [4.78, 5) is 14.0. The summed E-state index contributed by atoms with van der Waals surface area (Å²) in [5.74, 6) is 0.611. The molecule has 3 heteroatoms. The van der Waals surface area contributed by atoms with E-state index in [0.717, 1.165) is 26.1 Å². The van der Waals surface area contributed by atoms with Crippen LogP contribution in [0.1, 0.15) is 52.4 Å². The maximum absolute atomic E-state index is 11.6. The average molecular weight is 253 g/mol. The molecule has 0 aromatic rings. The topological polar surface area (TPSA) is 29.5 Å². The smallest absolute Gasteiger partial charge is 0.138 e. The predicted molar refractivity (Wildman–Crippen MR) is 72.6 cm³/mol.